The lowest BCUT2D eigenvalue weighted by Crippen LogP contribution is -2.13. The molecule has 9 nitrogen and oxygen atoms in total. The third-order valence-electron chi connectivity index (χ3n) is 6.61. The number of hydrogen-bond donors (Lipinski definition) is 3. The molecule has 5 aromatic heterocycles. The van der Waals surface area contributed by atoms with Crippen LogP contribution in [0, 0.1) is 5.92 Å². The largest absolute Gasteiger partial charge is 0.336 e. The molecule has 1 amide bonds. The van der Waals surface area contributed by atoms with E-state index < -0.39 is 0 Å². The minimum absolute atomic E-state index is 0.0359. The topological polar surface area (TPSA) is 129 Å². The van der Waals surface area contributed by atoms with E-state index in [-0.39, 0.29) is 17.6 Å². The summed E-state index contributed by atoms with van der Waals surface area (Å²) in [6, 6.07) is 15.4. The van der Waals surface area contributed by atoms with Gasteiger partial charge in [0.1, 0.15) is 5.52 Å². The van der Waals surface area contributed by atoms with Gasteiger partial charge in [0.25, 0.3) is 0 Å². The highest BCUT2D eigenvalue weighted by Crippen LogP contribution is 2.35. The molecule has 5 heterocycles. The Morgan fingerprint density at radius 1 is 1.00 bits per heavy atom. The van der Waals surface area contributed by atoms with Crippen LogP contribution in [0.5, 0.6) is 0 Å². The van der Waals surface area contributed by atoms with Crippen molar-refractivity contribution in [2.45, 2.75) is 19.8 Å². The summed E-state index contributed by atoms with van der Waals surface area (Å²) < 4.78 is 0. The Bertz CT molecular complexity index is 1880. The van der Waals surface area contributed by atoms with Crippen molar-refractivity contribution < 1.29 is 9.59 Å². The molecule has 7 rings (SSSR count). The molecule has 0 aliphatic heterocycles. The normalized spacial score (nSPS) is 13.3. The number of carbonyl (C=O) groups excluding carboxylic acids is 2. The summed E-state index contributed by atoms with van der Waals surface area (Å²) in [6.45, 7) is 1.57. The number of pyridine rings is 2. The standard InChI is InChI=1S/C28H21N7O2S/c1-14(36)22-9-10-23(38-22)18-3-2-4-20-24(18)33-27(32-20)26-25-21(34-35-26)8-7-19(31-25)16-11-17(13-29-12-16)30-28(37)15-5-6-15/h2-4,7-13,15H,5-6H2,1H3,(H,30,37)(H,32,33)(H,34,35). The zero-order valence-electron chi connectivity index (χ0n) is 20.3. The van der Waals surface area contributed by atoms with Gasteiger partial charge in [0.05, 0.1) is 39.0 Å². The molecule has 1 aliphatic rings. The van der Waals surface area contributed by atoms with E-state index >= 15 is 0 Å². The Labute approximate surface area is 220 Å². The number of amides is 1. The summed E-state index contributed by atoms with van der Waals surface area (Å²) in [5, 5.41) is 10.5. The fraction of sp³-hybridized carbons (Fsp3) is 0.143. The van der Waals surface area contributed by atoms with Gasteiger partial charge in [0.15, 0.2) is 17.3 Å². The third-order valence-corrected chi connectivity index (χ3v) is 7.83. The number of ketones is 1. The van der Waals surface area contributed by atoms with Gasteiger partial charge in [0, 0.05) is 28.1 Å². The molecule has 1 saturated carbocycles. The predicted molar refractivity (Wildman–Crippen MR) is 147 cm³/mol. The van der Waals surface area contributed by atoms with E-state index in [1.165, 1.54) is 11.3 Å². The summed E-state index contributed by atoms with van der Waals surface area (Å²) in [6.07, 6.45) is 5.25. The molecule has 10 heteroatoms. The molecule has 0 bridgehead atoms. The van der Waals surface area contributed by atoms with E-state index in [9.17, 15) is 9.59 Å². The second-order valence-electron chi connectivity index (χ2n) is 9.40. The lowest BCUT2D eigenvalue weighted by atomic mass is 10.1. The zero-order valence-corrected chi connectivity index (χ0v) is 21.1. The van der Waals surface area contributed by atoms with Crippen molar-refractivity contribution in [2.75, 3.05) is 5.32 Å². The first-order chi connectivity index (χ1) is 18.5. The van der Waals surface area contributed by atoms with Gasteiger partial charge >= 0.3 is 0 Å². The number of para-hydroxylation sites is 1. The van der Waals surface area contributed by atoms with Crippen LogP contribution in [-0.4, -0.2) is 41.8 Å². The highest BCUT2D eigenvalue weighted by atomic mass is 32.1. The van der Waals surface area contributed by atoms with Crippen molar-refractivity contribution in [3.05, 3.63) is 65.8 Å². The quantitative estimate of drug-likeness (QED) is 0.237. The van der Waals surface area contributed by atoms with E-state index in [0.29, 0.717) is 33.3 Å². The number of hydrogen-bond acceptors (Lipinski definition) is 7. The Balaban J connectivity index is 1.27. The summed E-state index contributed by atoms with van der Waals surface area (Å²) in [5.74, 6) is 0.790. The molecule has 0 atom stereocenters. The molecular weight excluding hydrogens is 498 g/mol. The summed E-state index contributed by atoms with van der Waals surface area (Å²) in [5.41, 5.74) is 6.82. The third kappa shape index (κ3) is 3.95. The molecule has 0 spiro atoms. The number of thiophene rings is 1. The summed E-state index contributed by atoms with van der Waals surface area (Å²) in [4.78, 5) is 43.2. The van der Waals surface area contributed by atoms with Gasteiger partial charge in [-0.05, 0) is 56.2 Å². The summed E-state index contributed by atoms with van der Waals surface area (Å²) >= 11 is 1.46. The molecule has 6 aromatic rings. The number of H-pyrrole nitrogens is 2. The van der Waals surface area contributed by atoms with Crippen molar-refractivity contribution in [1.29, 1.82) is 0 Å². The van der Waals surface area contributed by atoms with Crippen molar-refractivity contribution in [3.63, 3.8) is 0 Å². The van der Waals surface area contributed by atoms with Crippen LogP contribution in [0.2, 0.25) is 0 Å². The number of nitrogens with one attached hydrogen (secondary N) is 3. The average molecular weight is 520 g/mol. The molecule has 0 unspecified atom stereocenters. The number of aromatic amines is 2. The summed E-state index contributed by atoms with van der Waals surface area (Å²) in [7, 11) is 0. The van der Waals surface area contributed by atoms with Gasteiger partial charge in [0.2, 0.25) is 5.91 Å². The molecule has 1 aliphatic carbocycles. The number of aromatic nitrogens is 6. The van der Waals surface area contributed by atoms with Gasteiger partial charge < -0.3 is 10.3 Å². The van der Waals surface area contributed by atoms with E-state index in [2.05, 4.69) is 25.5 Å². The average Bonchev–Trinajstić information content (AvgIpc) is 3.32. The van der Waals surface area contributed by atoms with Crippen molar-refractivity contribution >= 4 is 50.8 Å². The number of fused-ring (bicyclic) bond motifs is 2. The lowest BCUT2D eigenvalue weighted by molar-refractivity contribution is -0.117. The number of rotatable bonds is 6. The second-order valence-corrected chi connectivity index (χ2v) is 10.5. The molecule has 0 radical (unpaired) electrons. The number of imidazole rings is 1. The van der Waals surface area contributed by atoms with Crippen molar-refractivity contribution in [3.8, 4) is 33.2 Å². The van der Waals surface area contributed by atoms with E-state index in [4.69, 9.17) is 9.97 Å². The molecule has 1 aromatic carbocycles. The van der Waals surface area contributed by atoms with Crippen LogP contribution >= 0.6 is 11.3 Å². The van der Waals surface area contributed by atoms with Crippen molar-refractivity contribution in [2.24, 2.45) is 5.92 Å². The molecule has 0 saturated heterocycles. The first-order valence-electron chi connectivity index (χ1n) is 12.2. The Morgan fingerprint density at radius 2 is 1.89 bits per heavy atom. The Morgan fingerprint density at radius 3 is 2.71 bits per heavy atom. The van der Waals surface area contributed by atoms with Crippen LogP contribution in [0.4, 0.5) is 5.69 Å². The number of benzene rings is 1. The van der Waals surface area contributed by atoms with Gasteiger partial charge in [-0.15, -0.1) is 11.3 Å². The Kier molecular flexibility index (Phi) is 5.15. The van der Waals surface area contributed by atoms with Crippen LogP contribution < -0.4 is 5.32 Å². The first kappa shape index (κ1) is 22.5. The second kappa shape index (κ2) is 8.70. The highest BCUT2D eigenvalue weighted by Gasteiger charge is 2.29. The fourth-order valence-corrected chi connectivity index (χ4v) is 5.41. The van der Waals surface area contributed by atoms with Crippen LogP contribution in [0.25, 0.3) is 55.3 Å². The predicted octanol–water partition coefficient (Wildman–Crippen LogP) is 5.84. The molecule has 38 heavy (non-hydrogen) atoms. The monoisotopic (exact) mass is 519 g/mol. The SMILES string of the molecule is CC(=O)c1ccc(-c2cccc3[nH]c(-c4n[nH]c5ccc(-c6cncc(NC(=O)C7CC7)c6)nc45)nc23)s1. The van der Waals surface area contributed by atoms with Crippen molar-refractivity contribution in [1.82, 2.24) is 30.1 Å². The van der Waals surface area contributed by atoms with Gasteiger partial charge in [-0.3, -0.25) is 19.7 Å². The fourth-order valence-electron chi connectivity index (χ4n) is 4.48. The minimum Gasteiger partial charge on any atom is -0.336 e. The van der Waals surface area contributed by atoms with E-state index in [0.717, 1.165) is 45.4 Å². The number of Topliss-reactive ketones (excluding diaryl/α,β-unsaturated/α-hetero) is 1. The molecular formula is C28H21N7O2S. The minimum atomic E-state index is 0.0359. The smallest absolute Gasteiger partial charge is 0.227 e. The number of nitrogens with zero attached hydrogens (tertiary/aromatic N) is 4. The number of anilines is 1. The molecule has 186 valence electrons. The number of carbonyl (C=O) groups is 2. The first-order valence-corrected chi connectivity index (χ1v) is 13.1. The highest BCUT2D eigenvalue weighted by molar-refractivity contribution is 7.17. The zero-order chi connectivity index (χ0) is 25.8. The lowest BCUT2D eigenvalue weighted by Gasteiger charge is -2.06. The van der Waals surface area contributed by atoms with Gasteiger partial charge in [-0.25, -0.2) is 9.97 Å². The van der Waals surface area contributed by atoms with E-state index in [1.54, 1.807) is 19.3 Å². The maximum absolute atomic E-state index is 12.2. The van der Waals surface area contributed by atoms with Crippen LogP contribution in [0.1, 0.15) is 29.4 Å². The van der Waals surface area contributed by atoms with Crippen LogP contribution in [0.15, 0.2) is 60.9 Å². The van der Waals surface area contributed by atoms with Gasteiger partial charge in [-0.1, -0.05) is 12.1 Å². The van der Waals surface area contributed by atoms with Gasteiger partial charge in [-0.2, -0.15) is 5.10 Å². The Hall–Kier alpha value is -4.70. The molecule has 1 fully saturated rings. The maximum atomic E-state index is 12.2. The van der Waals surface area contributed by atoms with Crippen LogP contribution in [-0.2, 0) is 4.79 Å². The van der Waals surface area contributed by atoms with Crippen LogP contribution in [0.3, 0.4) is 0 Å². The maximum Gasteiger partial charge on any atom is 0.227 e. The molecule has 3 N–H and O–H groups in total. The van der Waals surface area contributed by atoms with E-state index in [1.807, 2.05) is 48.5 Å².